The molecule has 0 atom stereocenters. The fourth-order valence-electron chi connectivity index (χ4n) is 2.50. The van der Waals surface area contributed by atoms with Crippen LogP contribution in [0.4, 0.5) is 0 Å². The molecule has 0 bridgehead atoms. The van der Waals surface area contributed by atoms with Crippen LogP contribution in [0.5, 0.6) is 28.7 Å². The lowest BCUT2D eigenvalue weighted by atomic mass is 10.0. The van der Waals surface area contributed by atoms with Gasteiger partial charge >= 0.3 is 5.97 Å². The van der Waals surface area contributed by atoms with E-state index in [2.05, 4.69) is 0 Å². The van der Waals surface area contributed by atoms with Gasteiger partial charge in [-0.05, 0) is 41.5 Å². The summed E-state index contributed by atoms with van der Waals surface area (Å²) in [5.41, 5.74) is 1.01. The zero-order chi connectivity index (χ0) is 18.0. The molecule has 1 heterocycles. The quantitative estimate of drug-likeness (QED) is 0.636. The first-order valence-corrected chi connectivity index (χ1v) is 7.33. The number of fused-ring (bicyclic) bond motifs is 1. The van der Waals surface area contributed by atoms with Gasteiger partial charge in [0.15, 0.2) is 23.0 Å². The molecule has 0 unspecified atom stereocenters. The molecule has 0 fully saturated rings. The molecule has 7 heteroatoms. The van der Waals surface area contributed by atoms with Gasteiger partial charge in [-0.25, -0.2) is 4.79 Å². The molecule has 2 aromatic rings. The maximum absolute atomic E-state index is 11.7. The van der Waals surface area contributed by atoms with Crippen LogP contribution in [0, 0.1) is 0 Å². The second-order valence-corrected chi connectivity index (χ2v) is 5.21. The molecular weight excluding hydrogens is 328 g/mol. The molecule has 1 aliphatic heterocycles. The van der Waals surface area contributed by atoms with Crippen molar-refractivity contribution in [2.75, 3.05) is 21.0 Å². The summed E-state index contributed by atoms with van der Waals surface area (Å²) in [5, 5.41) is 19.6. The third kappa shape index (κ3) is 3.16. The van der Waals surface area contributed by atoms with Gasteiger partial charge in [-0.1, -0.05) is 6.07 Å². The lowest BCUT2D eigenvalue weighted by molar-refractivity contribution is -0.130. The molecular formula is C18H16O7. The number of phenols is 1. The van der Waals surface area contributed by atoms with E-state index < -0.39 is 5.97 Å². The number of aliphatic carboxylic acids is 1. The minimum atomic E-state index is -1.11. The number of benzene rings is 2. The highest BCUT2D eigenvalue weighted by atomic mass is 16.7. The molecule has 7 nitrogen and oxygen atoms in total. The standard InChI is InChI=1S/C18H16O7/c1-22-15-6-10(7-16(23-2)17(15)19)5-12(18(20)21)11-3-4-13-14(8-11)25-9-24-13/h3-8,19H,9H2,1-2H3,(H,20,21)/b12-5-. The van der Waals surface area contributed by atoms with Crippen LogP contribution in [0.1, 0.15) is 11.1 Å². The highest BCUT2D eigenvalue weighted by Gasteiger charge is 2.18. The van der Waals surface area contributed by atoms with E-state index in [-0.39, 0.29) is 29.6 Å². The molecule has 0 saturated heterocycles. The number of phenolic OH excluding ortho intramolecular Hbond substituents is 1. The Labute approximate surface area is 143 Å². The van der Waals surface area contributed by atoms with Crippen LogP contribution in [0.2, 0.25) is 0 Å². The van der Waals surface area contributed by atoms with E-state index in [0.717, 1.165) is 0 Å². The maximum Gasteiger partial charge on any atom is 0.336 e. The molecule has 0 amide bonds. The number of carbonyl (C=O) groups is 1. The summed E-state index contributed by atoms with van der Waals surface area (Å²) < 4.78 is 20.7. The highest BCUT2D eigenvalue weighted by molar-refractivity contribution is 6.20. The summed E-state index contributed by atoms with van der Waals surface area (Å²) in [6.45, 7) is 0.108. The average molecular weight is 344 g/mol. The van der Waals surface area contributed by atoms with E-state index in [4.69, 9.17) is 18.9 Å². The predicted octanol–water partition coefficient (Wildman–Crippen LogP) is 2.76. The van der Waals surface area contributed by atoms with Crippen LogP contribution in [0.25, 0.3) is 11.6 Å². The minimum Gasteiger partial charge on any atom is -0.502 e. The van der Waals surface area contributed by atoms with Crippen LogP contribution in [-0.4, -0.2) is 37.2 Å². The van der Waals surface area contributed by atoms with Gasteiger partial charge in [0.1, 0.15) is 0 Å². The normalized spacial score (nSPS) is 12.8. The zero-order valence-electron chi connectivity index (χ0n) is 13.6. The van der Waals surface area contributed by atoms with E-state index in [9.17, 15) is 15.0 Å². The Kier molecular flexibility index (Phi) is 4.38. The van der Waals surface area contributed by atoms with Gasteiger partial charge in [0.2, 0.25) is 12.5 Å². The van der Waals surface area contributed by atoms with Crippen LogP contribution < -0.4 is 18.9 Å². The lowest BCUT2D eigenvalue weighted by Gasteiger charge is -2.10. The fourth-order valence-corrected chi connectivity index (χ4v) is 2.50. The van der Waals surface area contributed by atoms with E-state index in [1.165, 1.54) is 32.4 Å². The Morgan fingerprint density at radius 3 is 2.32 bits per heavy atom. The average Bonchev–Trinajstić information content (AvgIpc) is 3.08. The van der Waals surface area contributed by atoms with Gasteiger partial charge in [0, 0.05) is 0 Å². The molecule has 130 valence electrons. The molecule has 0 aliphatic carbocycles. The van der Waals surface area contributed by atoms with Crippen molar-refractivity contribution < 1.29 is 34.0 Å². The van der Waals surface area contributed by atoms with Crippen molar-refractivity contribution in [2.24, 2.45) is 0 Å². The highest BCUT2D eigenvalue weighted by Crippen LogP contribution is 2.39. The van der Waals surface area contributed by atoms with Gasteiger partial charge in [-0.2, -0.15) is 0 Å². The summed E-state index contributed by atoms with van der Waals surface area (Å²) >= 11 is 0. The Bertz CT molecular complexity index is 829. The van der Waals surface area contributed by atoms with Crippen molar-refractivity contribution in [2.45, 2.75) is 0 Å². The molecule has 0 saturated carbocycles. The van der Waals surface area contributed by atoms with Gasteiger partial charge in [-0.3, -0.25) is 0 Å². The number of carboxylic acid groups (broad SMARTS) is 1. The summed E-state index contributed by atoms with van der Waals surface area (Å²) in [6.07, 6.45) is 1.46. The van der Waals surface area contributed by atoms with Crippen molar-refractivity contribution in [1.82, 2.24) is 0 Å². The second-order valence-electron chi connectivity index (χ2n) is 5.21. The first-order valence-electron chi connectivity index (χ1n) is 7.33. The van der Waals surface area contributed by atoms with E-state index in [1.54, 1.807) is 18.2 Å². The number of aromatic hydroxyl groups is 1. The topological polar surface area (TPSA) is 94.5 Å². The van der Waals surface area contributed by atoms with Crippen LogP contribution in [0.15, 0.2) is 30.3 Å². The van der Waals surface area contributed by atoms with Crippen molar-refractivity contribution in [3.8, 4) is 28.7 Å². The zero-order valence-corrected chi connectivity index (χ0v) is 13.6. The molecule has 2 aromatic carbocycles. The number of ether oxygens (including phenoxy) is 4. The molecule has 0 aromatic heterocycles. The first-order chi connectivity index (χ1) is 12.0. The van der Waals surface area contributed by atoms with Crippen LogP contribution in [-0.2, 0) is 4.79 Å². The van der Waals surface area contributed by atoms with Crippen LogP contribution >= 0.6 is 0 Å². The molecule has 0 spiro atoms. The second kappa shape index (κ2) is 6.64. The van der Waals surface area contributed by atoms with E-state index in [1.807, 2.05) is 0 Å². The molecule has 3 rings (SSSR count). The van der Waals surface area contributed by atoms with Gasteiger partial charge < -0.3 is 29.2 Å². The van der Waals surface area contributed by atoms with Crippen molar-refractivity contribution in [3.05, 3.63) is 41.5 Å². The Morgan fingerprint density at radius 1 is 1.08 bits per heavy atom. The maximum atomic E-state index is 11.7. The number of carboxylic acids is 1. The summed E-state index contributed by atoms with van der Waals surface area (Å²) in [7, 11) is 2.80. The molecule has 0 radical (unpaired) electrons. The molecule has 2 N–H and O–H groups in total. The monoisotopic (exact) mass is 344 g/mol. The van der Waals surface area contributed by atoms with E-state index in [0.29, 0.717) is 22.6 Å². The fraction of sp³-hybridized carbons (Fsp3) is 0.167. The summed E-state index contributed by atoms with van der Waals surface area (Å²) in [6, 6.07) is 7.95. The minimum absolute atomic E-state index is 0.0492. The first kappa shape index (κ1) is 16.5. The van der Waals surface area contributed by atoms with Crippen LogP contribution in [0.3, 0.4) is 0 Å². The Morgan fingerprint density at radius 2 is 1.72 bits per heavy atom. The van der Waals surface area contributed by atoms with Crippen molar-refractivity contribution in [3.63, 3.8) is 0 Å². The number of hydrogen-bond donors (Lipinski definition) is 2. The molecule has 1 aliphatic rings. The summed E-state index contributed by atoms with van der Waals surface area (Å²) in [4.78, 5) is 11.7. The Balaban J connectivity index is 2.08. The molecule has 25 heavy (non-hydrogen) atoms. The van der Waals surface area contributed by atoms with Crippen molar-refractivity contribution >= 4 is 17.6 Å². The summed E-state index contributed by atoms with van der Waals surface area (Å²) in [5.74, 6) is 0.168. The largest absolute Gasteiger partial charge is 0.502 e. The number of rotatable bonds is 5. The van der Waals surface area contributed by atoms with E-state index >= 15 is 0 Å². The third-order valence-corrected chi connectivity index (χ3v) is 3.73. The van der Waals surface area contributed by atoms with Crippen molar-refractivity contribution in [1.29, 1.82) is 0 Å². The SMILES string of the molecule is COc1cc(/C=C(\C(=O)O)c2ccc3c(c2)OCO3)cc(OC)c1O. The van der Waals surface area contributed by atoms with Gasteiger partial charge in [-0.15, -0.1) is 0 Å². The predicted molar refractivity (Wildman–Crippen MR) is 89.3 cm³/mol. The number of methoxy groups -OCH3 is 2. The van der Waals surface area contributed by atoms with Gasteiger partial charge in [0.05, 0.1) is 19.8 Å². The Hall–Kier alpha value is -3.35. The number of hydrogen-bond acceptors (Lipinski definition) is 6. The van der Waals surface area contributed by atoms with Gasteiger partial charge in [0.25, 0.3) is 0 Å². The smallest absolute Gasteiger partial charge is 0.336 e. The third-order valence-electron chi connectivity index (χ3n) is 3.73. The lowest BCUT2D eigenvalue weighted by Crippen LogP contribution is -2.00.